The van der Waals surface area contributed by atoms with Gasteiger partial charge in [0.05, 0.1) is 0 Å². The second-order valence-electron chi connectivity index (χ2n) is 11.7. The van der Waals surface area contributed by atoms with E-state index < -0.39 is 0 Å². The van der Waals surface area contributed by atoms with Crippen LogP contribution >= 0.6 is 0 Å². The first-order valence-corrected chi connectivity index (χ1v) is 17.0. The average Bonchev–Trinajstić information content (AvgIpc) is 2.92. The van der Waals surface area contributed by atoms with Gasteiger partial charge in [-0.25, -0.2) is 0 Å². The Morgan fingerprint density at radius 1 is 0.432 bits per heavy atom. The van der Waals surface area contributed by atoms with Gasteiger partial charge in [-0.15, -0.1) is 0 Å². The minimum absolute atomic E-state index is 0.832. The largest absolute Gasteiger partial charge is 0.316 e. The standard InChI is InChI=1S/C33H72N4/c1-7-13-24-36(25-14-8-2)28-20-32(11-5)30-34-22-18-17-19-23-35-31-33(12-6)21-29-37(26-15-9-3)27-16-10-4/h32-35H,7-31H2,1-6H3. The predicted molar refractivity (Wildman–Crippen MR) is 169 cm³/mol. The lowest BCUT2D eigenvalue weighted by molar-refractivity contribution is 0.240. The Kier molecular flexibility index (Phi) is 28.7. The lowest BCUT2D eigenvalue weighted by Crippen LogP contribution is -2.31. The van der Waals surface area contributed by atoms with Crippen molar-refractivity contribution in [2.24, 2.45) is 11.8 Å². The molecule has 0 spiro atoms. The number of hydrogen-bond acceptors (Lipinski definition) is 4. The fourth-order valence-corrected chi connectivity index (χ4v) is 5.12. The molecule has 0 aliphatic rings. The number of unbranched alkanes of at least 4 members (excludes halogenated alkanes) is 6. The molecule has 0 aliphatic heterocycles. The van der Waals surface area contributed by atoms with Gasteiger partial charge in [-0.1, -0.05) is 86.5 Å². The van der Waals surface area contributed by atoms with Gasteiger partial charge in [0.15, 0.2) is 0 Å². The van der Waals surface area contributed by atoms with E-state index >= 15 is 0 Å². The molecule has 4 nitrogen and oxygen atoms in total. The Hall–Kier alpha value is -0.160. The fraction of sp³-hybridized carbons (Fsp3) is 1.00. The van der Waals surface area contributed by atoms with Gasteiger partial charge in [-0.2, -0.15) is 0 Å². The summed E-state index contributed by atoms with van der Waals surface area (Å²) >= 11 is 0. The van der Waals surface area contributed by atoms with Crippen LogP contribution in [0.1, 0.15) is 138 Å². The smallest absolute Gasteiger partial charge is 0.00156 e. The summed E-state index contributed by atoms with van der Waals surface area (Å²) in [6, 6.07) is 0. The monoisotopic (exact) mass is 525 g/mol. The maximum absolute atomic E-state index is 3.78. The molecule has 0 fully saturated rings. The summed E-state index contributed by atoms with van der Waals surface area (Å²) < 4.78 is 0. The molecule has 2 atom stereocenters. The Balaban J connectivity index is 3.88. The highest BCUT2D eigenvalue weighted by Crippen LogP contribution is 2.11. The third-order valence-corrected chi connectivity index (χ3v) is 8.25. The zero-order valence-corrected chi connectivity index (χ0v) is 26.7. The zero-order chi connectivity index (χ0) is 27.4. The highest BCUT2D eigenvalue weighted by Gasteiger charge is 2.11. The van der Waals surface area contributed by atoms with Crippen molar-refractivity contribution in [3.05, 3.63) is 0 Å². The molecule has 0 heterocycles. The second-order valence-corrected chi connectivity index (χ2v) is 11.7. The Morgan fingerprint density at radius 3 is 1.08 bits per heavy atom. The summed E-state index contributed by atoms with van der Waals surface area (Å²) in [6.07, 6.45) is 20.0. The zero-order valence-electron chi connectivity index (χ0n) is 26.7. The number of nitrogens with zero attached hydrogens (tertiary/aromatic N) is 2. The third kappa shape index (κ3) is 23.4. The predicted octanol–water partition coefficient (Wildman–Crippen LogP) is 7.97. The average molecular weight is 525 g/mol. The molecule has 2 unspecified atom stereocenters. The summed E-state index contributed by atoms with van der Waals surface area (Å²) in [5.74, 6) is 1.66. The molecule has 37 heavy (non-hydrogen) atoms. The van der Waals surface area contributed by atoms with Crippen LogP contribution in [0.2, 0.25) is 0 Å². The van der Waals surface area contributed by atoms with Gasteiger partial charge in [0, 0.05) is 0 Å². The fourth-order valence-electron chi connectivity index (χ4n) is 5.12. The van der Waals surface area contributed by atoms with Gasteiger partial charge in [-0.05, 0) is 129 Å². The number of rotatable bonds is 30. The molecule has 0 aromatic heterocycles. The van der Waals surface area contributed by atoms with Crippen molar-refractivity contribution in [1.82, 2.24) is 20.4 Å². The molecule has 0 bridgehead atoms. The van der Waals surface area contributed by atoms with E-state index in [0.29, 0.717) is 0 Å². The molecular weight excluding hydrogens is 452 g/mol. The van der Waals surface area contributed by atoms with Gasteiger partial charge in [-0.3, -0.25) is 0 Å². The molecular formula is C33H72N4. The summed E-state index contributed by atoms with van der Waals surface area (Å²) in [4.78, 5) is 5.45. The van der Waals surface area contributed by atoms with Crippen LogP contribution in [0.5, 0.6) is 0 Å². The molecule has 2 N–H and O–H groups in total. The molecule has 0 radical (unpaired) electrons. The summed E-state index contributed by atoms with van der Waals surface area (Å²) in [5, 5.41) is 7.55. The van der Waals surface area contributed by atoms with Crippen molar-refractivity contribution in [3.63, 3.8) is 0 Å². The minimum atomic E-state index is 0.832. The van der Waals surface area contributed by atoms with E-state index in [1.54, 1.807) is 0 Å². The van der Waals surface area contributed by atoms with Crippen molar-refractivity contribution in [2.45, 2.75) is 138 Å². The van der Waals surface area contributed by atoms with Crippen LogP contribution in [0.4, 0.5) is 0 Å². The maximum Gasteiger partial charge on any atom is -0.00156 e. The van der Waals surface area contributed by atoms with Crippen LogP contribution in [0.3, 0.4) is 0 Å². The molecule has 0 rings (SSSR count). The van der Waals surface area contributed by atoms with Crippen LogP contribution < -0.4 is 10.6 Å². The highest BCUT2D eigenvalue weighted by atomic mass is 15.1. The van der Waals surface area contributed by atoms with E-state index in [0.717, 1.165) is 11.8 Å². The van der Waals surface area contributed by atoms with Crippen molar-refractivity contribution in [2.75, 3.05) is 65.4 Å². The van der Waals surface area contributed by atoms with E-state index in [2.05, 4.69) is 62.0 Å². The first-order chi connectivity index (χ1) is 18.1. The quantitative estimate of drug-likeness (QED) is 0.0933. The lowest BCUT2D eigenvalue weighted by Gasteiger charge is -2.25. The van der Waals surface area contributed by atoms with Crippen molar-refractivity contribution < 1.29 is 0 Å². The van der Waals surface area contributed by atoms with E-state index in [1.807, 2.05) is 0 Å². The van der Waals surface area contributed by atoms with Crippen LogP contribution in [0, 0.1) is 11.8 Å². The molecule has 0 saturated heterocycles. The van der Waals surface area contributed by atoms with E-state index in [1.165, 1.54) is 162 Å². The van der Waals surface area contributed by atoms with E-state index in [4.69, 9.17) is 0 Å². The van der Waals surface area contributed by atoms with Crippen LogP contribution in [0.15, 0.2) is 0 Å². The van der Waals surface area contributed by atoms with Gasteiger partial charge in [0.2, 0.25) is 0 Å². The van der Waals surface area contributed by atoms with Gasteiger partial charge in [0.25, 0.3) is 0 Å². The Bertz CT molecular complexity index is 377. The van der Waals surface area contributed by atoms with E-state index in [9.17, 15) is 0 Å². The summed E-state index contributed by atoms with van der Waals surface area (Å²) in [5.41, 5.74) is 0. The van der Waals surface area contributed by atoms with Crippen LogP contribution in [-0.4, -0.2) is 75.2 Å². The molecule has 4 heteroatoms. The van der Waals surface area contributed by atoms with Crippen molar-refractivity contribution >= 4 is 0 Å². The molecule has 224 valence electrons. The number of nitrogens with one attached hydrogen (secondary N) is 2. The van der Waals surface area contributed by atoms with Gasteiger partial charge >= 0.3 is 0 Å². The van der Waals surface area contributed by atoms with Gasteiger partial charge in [0.1, 0.15) is 0 Å². The molecule has 0 aromatic carbocycles. The van der Waals surface area contributed by atoms with Crippen molar-refractivity contribution in [3.8, 4) is 0 Å². The normalized spacial score (nSPS) is 13.6. The molecule has 0 aliphatic carbocycles. The highest BCUT2D eigenvalue weighted by molar-refractivity contribution is 4.68. The first-order valence-electron chi connectivity index (χ1n) is 17.0. The summed E-state index contributed by atoms with van der Waals surface area (Å²) in [7, 11) is 0. The van der Waals surface area contributed by atoms with Crippen LogP contribution in [-0.2, 0) is 0 Å². The van der Waals surface area contributed by atoms with E-state index in [-0.39, 0.29) is 0 Å². The van der Waals surface area contributed by atoms with Gasteiger partial charge < -0.3 is 20.4 Å². The number of hydrogen-bond donors (Lipinski definition) is 2. The Labute approximate surface area is 235 Å². The first kappa shape index (κ1) is 36.8. The Morgan fingerprint density at radius 2 is 0.784 bits per heavy atom. The third-order valence-electron chi connectivity index (χ3n) is 8.25. The molecule has 0 aromatic rings. The SMILES string of the molecule is CCCCN(CCCC)CCC(CC)CNCCCCCNCC(CC)CCN(CCCC)CCCC. The topological polar surface area (TPSA) is 30.5 Å². The van der Waals surface area contributed by atoms with Crippen molar-refractivity contribution in [1.29, 1.82) is 0 Å². The molecule has 0 saturated carbocycles. The minimum Gasteiger partial charge on any atom is -0.316 e. The molecule has 0 amide bonds. The lowest BCUT2D eigenvalue weighted by atomic mass is 10.0. The van der Waals surface area contributed by atoms with Crippen LogP contribution in [0.25, 0.3) is 0 Å². The second kappa shape index (κ2) is 28.8. The maximum atomic E-state index is 3.78. The summed E-state index contributed by atoms with van der Waals surface area (Å²) in [6.45, 7) is 26.5.